The monoisotopic (exact) mass is 461 g/mol. The van der Waals surface area contributed by atoms with Gasteiger partial charge in [-0.25, -0.2) is 4.98 Å². The summed E-state index contributed by atoms with van der Waals surface area (Å²) in [5, 5.41) is 0. The van der Waals surface area contributed by atoms with Crippen LogP contribution in [-0.4, -0.2) is 42.8 Å². The Bertz CT molecular complexity index is 870. The van der Waals surface area contributed by atoms with Gasteiger partial charge in [0.2, 0.25) is 6.41 Å². The molecule has 0 spiro atoms. The summed E-state index contributed by atoms with van der Waals surface area (Å²) in [7, 11) is 1.68. The summed E-state index contributed by atoms with van der Waals surface area (Å²) in [6, 6.07) is 16.3. The van der Waals surface area contributed by atoms with E-state index in [0.29, 0.717) is 6.04 Å². The molecule has 1 atom stereocenters. The smallest absolute Gasteiger partial charge is 0.545 e. The number of amides is 1. The number of aromatic nitrogens is 1. The summed E-state index contributed by atoms with van der Waals surface area (Å²) >= 11 is 0. The van der Waals surface area contributed by atoms with Crippen molar-refractivity contribution in [1.82, 2.24) is 9.88 Å². The summed E-state index contributed by atoms with van der Waals surface area (Å²) in [5.41, 5.74) is 3.26. The van der Waals surface area contributed by atoms with E-state index in [4.69, 9.17) is 13.9 Å². The predicted molar refractivity (Wildman–Crippen MR) is 122 cm³/mol. The zero-order valence-electron chi connectivity index (χ0n) is 19.4. The van der Waals surface area contributed by atoms with Crippen LogP contribution in [0.3, 0.4) is 0 Å². The van der Waals surface area contributed by atoms with Crippen molar-refractivity contribution >= 4 is 13.2 Å². The second kappa shape index (κ2) is 17.6. The molecule has 1 amide bonds. The molecule has 0 bridgehead atoms. The summed E-state index contributed by atoms with van der Waals surface area (Å²) < 4.78 is 10.1. The molecule has 0 radical (unpaired) electrons. The SMILES string of the molecule is CC1CCCN1C=O.COc1cccc(C)c1.[CH-]=O.[CH2-]c1ccc(-c2cnco2)cc1.[K+]. The molecule has 0 aliphatic carbocycles. The van der Waals surface area contributed by atoms with Crippen molar-refractivity contribution in [1.29, 1.82) is 0 Å². The van der Waals surface area contributed by atoms with Crippen molar-refractivity contribution in [3.8, 4) is 17.1 Å². The van der Waals surface area contributed by atoms with Crippen LogP contribution in [0.25, 0.3) is 11.3 Å². The van der Waals surface area contributed by atoms with Crippen LogP contribution in [0.2, 0.25) is 0 Å². The van der Waals surface area contributed by atoms with E-state index in [0.717, 1.165) is 35.6 Å². The summed E-state index contributed by atoms with van der Waals surface area (Å²) in [4.78, 5) is 23.6. The molecule has 2 heterocycles. The second-order valence-corrected chi connectivity index (χ2v) is 6.92. The first kappa shape index (κ1) is 30.1. The number of ether oxygens (including phenoxy) is 1. The van der Waals surface area contributed by atoms with Crippen molar-refractivity contribution in [3.05, 3.63) is 79.2 Å². The van der Waals surface area contributed by atoms with E-state index in [1.165, 1.54) is 24.8 Å². The predicted octanol–water partition coefficient (Wildman–Crippen LogP) is 1.88. The maximum atomic E-state index is 10.1. The Kier molecular flexibility index (Phi) is 16.6. The van der Waals surface area contributed by atoms with Crippen LogP contribution in [0.5, 0.6) is 5.75 Å². The molecule has 2 aromatic carbocycles. The number of methoxy groups -OCH3 is 1. The normalized spacial score (nSPS) is 13.6. The molecular weight excluding hydrogens is 431 g/mol. The third kappa shape index (κ3) is 11.1. The van der Waals surface area contributed by atoms with Crippen LogP contribution in [0, 0.1) is 13.8 Å². The average molecular weight is 462 g/mol. The van der Waals surface area contributed by atoms with E-state index < -0.39 is 0 Å². The fourth-order valence-electron chi connectivity index (χ4n) is 2.88. The second-order valence-electron chi connectivity index (χ2n) is 6.92. The molecular formula is C25H30KN2O4-. The third-order valence-corrected chi connectivity index (χ3v) is 4.64. The molecule has 3 aromatic rings. The molecule has 4 rings (SSSR count). The fourth-order valence-corrected chi connectivity index (χ4v) is 2.88. The maximum absolute atomic E-state index is 10.1. The van der Waals surface area contributed by atoms with Gasteiger partial charge >= 0.3 is 51.4 Å². The van der Waals surface area contributed by atoms with E-state index in [2.05, 4.69) is 25.6 Å². The first-order valence-electron chi connectivity index (χ1n) is 9.89. The Morgan fingerprint density at radius 3 is 2.31 bits per heavy atom. The molecule has 166 valence electrons. The van der Waals surface area contributed by atoms with Gasteiger partial charge in [-0.2, -0.15) is 24.6 Å². The minimum absolute atomic E-state index is 0. The molecule has 1 aliphatic heterocycles. The van der Waals surface area contributed by atoms with Gasteiger partial charge in [-0.3, -0.25) is 11.6 Å². The van der Waals surface area contributed by atoms with Crippen LogP contribution in [0.15, 0.2) is 65.5 Å². The zero-order valence-corrected chi connectivity index (χ0v) is 22.5. The van der Waals surface area contributed by atoms with Crippen LogP contribution in [0.1, 0.15) is 30.9 Å². The van der Waals surface area contributed by atoms with Gasteiger partial charge in [-0.15, -0.1) is 12.1 Å². The molecule has 1 aromatic heterocycles. The molecule has 1 saturated heterocycles. The first-order valence-corrected chi connectivity index (χ1v) is 9.89. The molecule has 1 fully saturated rings. The van der Waals surface area contributed by atoms with Gasteiger partial charge in [0.25, 0.3) is 0 Å². The molecule has 1 aliphatic rings. The number of likely N-dealkylation sites (tertiary alicyclic amines) is 1. The average Bonchev–Trinajstić information content (AvgIpc) is 3.48. The minimum atomic E-state index is 0. The van der Waals surface area contributed by atoms with Crippen molar-refractivity contribution in [2.24, 2.45) is 0 Å². The number of aryl methyl sites for hydroxylation is 1. The van der Waals surface area contributed by atoms with Crippen LogP contribution >= 0.6 is 0 Å². The van der Waals surface area contributed by atoms with Gasteiger partial charge in [0.15, 0.2) is 12.2 Å². The van der Waals surface area contributed by atoms with Crippen molar-refractivity contribution in [2.45, 2.75) is 32.7 Å². The molecule has 0 saturated carbocycles. The number of hydrogen-bond donors (Lipinski definition) is 0. The van der Waals surface area contributed by atoms with Gasteiger partial charge in [0.05, 0.1) is 13.3 Å². The first-order chi connectivity index (χ1) is 15.0. The number of oxazole rings is 1. The zero-order chi connectivity index (χ0) is 23.1. The number of carbonyl (C=O) groups is 1. The van der Waals surface area contributed by atoms with E-state index in [-0.39, 0.29) is 51.4 Å². The fraction of sp³-hybridized carbons (Fsp3) is 0.280. The van der Waals surface area contributed by atoms with Crippen LogP contribution < -0.4 is 56.1 Å². The summed E-state index contributed by atoms with van der Waals surface area (Å²) in [5.74, 6) is 1.71. The minimum Gasteiger partial charge on any atom is -0.545 e. The topological polar surface area (TPSA) is 72.6 Å². The number of rotatable bonds is 3. The number of hydrogen-bond acceptors (Lipinski definition) is 5. The molecule has 6 nitrogen and oxygen atoms in total. The molecule has 1 unspecified atom stereocenters. The van der Waals surface area contributed by atoms with Gasteiger partial charge in [-0.05, 0) is 49.9 Å². The van der Waals surface area contributed by atoms with Gasteiger partial charge in [-0.1, -0.05) is 12.1 Å². The molecule has 7 heteroatoms. The number of benzene rings is 2. The Labute approximate surface area is 233 Å². The van der Waals surface area contributed by atoms with Crippen LogP contribution in [0.4, 0.5) is 0 Å². The Morgan fingerprint density at radius 2 is 1.91 bits per heavy atom. The number of nitrogens with zero attached hydrogens (tertiary/aromatic N) is 2. The van der Waals surface area contributed by atoms with Crippen LogP contribution in [-0.2, 0) is 9.59 Å². The van der Waals surface area contributed by atoms with E-state index in [1.54, 1.807) is 13.3 Å². The third-order valence-electron chi connectivity index (χ3n) is 4.64. The van der Waals surface area contributed by atoms with Crippen molar-refractivity contribution in [3.63, 3.8) is 0 Å². The number of carbonyl (C=O) groups excluding carboxylic acids is 2. The quantitative estimate of drug-likeness (QED) is 0.338. The van der Waals surface area contributed by atoms with Crippen molar-refractivity contribution < 1.29 is 70.1 Å². The van der Waals surface area contributed by atoms with E-state index >= 15 is 0 Å². The van der Waals surface area contributed by atoms with Gasteiger partial charge < -0.3 is 18.8 Å². The maximum Gasteiger partial charge on any atom is 1.00 e. The van der Waals surface area contributed by atoms with Gasteiger partial charge in [0, 0.05) is 12.6 Å². The van der Waals surface area contributed by atoms with E-state index in [9.17, 15) is 4.79 Å². The van der Waals surface area contributed by atoms with Gasteiger partial charge in [0.1, 0.15) is 5.75 Å². The summed E-state index contributed by atoms with van der Waals surface area (Å²) in [6.07, 6.45) is 6.42. The molecule has 0 N–H and O–H groups in total. The van der Waals surface area contributed by atoms with Crippen molar-refractivity contribution in [2.75, 3.05) is 13.7 Å². The Hall–Kier alpha value is -1.90. The Balaban J connectivity index is 0.000000436. The summed E-state index contributed by atoms with van der Waals surface area (Å²) in [6.45, 7) is 12.1. The molecule has 32 heavy (non-hydrogen) atoms. The largest absolute Gasteiger partial charge is 1.00 e. The Morgan fingerprint density at radius 1 is 1.22 bits per heavy atom. The van der Waals surface area contributed by atoms with E-state index in [1.807, 2.05) is 60.4 Å². The standard InChI is InChI=1S/C10H8NO.C8H10O.C6H11NO.CHO.K/c1-8-2-4-9(5-3-8)10-6-11-7-12-10;1-7-4-3-5-8(6-7)9-2;1-6-3-2-4-7(6)5-8;1-2;/h2-7H,1H2;3-6H,1-2H3;5-6H,2-4H2,1H3;1H;/q-1;;;-1;+1.